The van der Waals surface area contributed by atoms with Crippen LogP contribution in [0, 0.1) is 5.95 Å². The largest absolute Gasteiger partial charge is 0.444 e. The van der Waals surface area contributed by atoms with Crippen LogP contribution in [-0.4, -0.2) is 62.6 Å². The summed E-state index contributed by atoms with van der Waals surface area (Å²) in [7, 11) is 1.60. The fraction of sp³-hybridized carbons (Fsp3) is 0.357. The number of aliphatic hydroxyl groups excluding tert-OH is 1. The number of pyridine rings is 2. The van der Waals surface area contributed by atoms with E-state index in [1.807, 2.05) is 0 Å². The van der Waals surface area contributed by atoms with Crippen molar-refractivity contribution in [2.75, 3.05) is 20.1 Å². The van der Waals surface area contributed by atoms with E-state index in [1.54, 1.807) is 76.3 Å². The third-order valence-corrected chi connectivity index (χ3v) is 5.87. The first kappa shape index (κ1) is 29.0. The first-order valence-corrected chi connectivity index (χ1v) is 12.5. The molecule has 0 saturated heterocycles. The summed E-state index contributed by atoms with van der Waals surface area (Å²) in [4.78, 5) is 36.1. The molecule has 0 spiro atoms. The van der Waals surface area contributed by atoms with Crippen molar-refractivity contribution in [2.45, 2.75) is 45.4 Å². The van der Waals surface area contributed by atoms with Crippen LogP contribution in [0.3, 0.4) is 0 Å². The second-order valence-electron chi connectivity index (χ2n) is 9.92. The molecule has 0 aliphatic carbocycles. The second-order valence-corrected chi connectivity index (χ2v) is 10.3. The Morgan fingerprint density at radius 1 is 1.11 bits per heavy atom. The summed E-state index contributed by atoms with van der Waals surface area (Å²) in [6.45, 7) is 5.70. The minimum atomic E-state index is -0.979. The van der Waals surface area contributed by atoms with Crippen molar-refractivity contribution < 1.29 is 23.8 Å². The van der Waals surface area contributed by atoms with Crippen LogP contribution in [0.1, 0.15) is 53.9 Å². The van der Waals surface area contributed by atoms with Gasteiger partial charge in [0.05, 0.1) is 19.2 Å². The van der Waals surface area contributed by atoms with Crippen molar-refractivity contribution in [3.63, 3.8) is 0 Å². The van der Waals surface area contributed by atoms with Gasteiger partial charge in [-0.25, -0.2) is 14.8 Å². The monoisotopic (exact) mass is 542 g/mol. The van der Waals surface area contributed by atoms with Gasteiger partial charge in [0.2, 0.25) is 5.95 Å². The molecule has 8 nitrogen and oxygen atoms in total. The SMILES string of the molecule is CN(Cc1cccnc1F)C(=O)c1ccc(CCN(CC(O)c2ccc(Cl)nc2)C(=O)OC(C)(C)C)cc1. The lowest BCUT2D eigenvalue weighted by Crippen LogP contribution is -2.40. The third-order valence-electron chi connectivity index (χ3n) is 5.64. The number of nitrogens with zero attached hydrogens (tertiary/aromatic N) is 4. The van der Waals surface area contributed by atoms with Crippen molar-refractivity contribution in [2.24, 2.45) is 0 Å². The molecular weight excluding hydrogens is 511 g/mol. The zero-order valence-corrected chi connectivity index (χ0v) is 22.7. The number of halogens is 2. The van der Waals surface area contributed by atoms with Gasteiger partial charge in [-0.1, -0.05) is 35.9 Å². The van der Waals surface area contributed by atoms with E-state index in [9.17, 15) is 19.1 Å². The fourth-order valence-corrected chi connectivity index (χ4v) is 3.76. The lowest BCUT2D eigenvalue weighted by molar-refractivity contribution is 0.0146. The number of aliphatic hydroxyl groups is 1. The van der Waals surface area contributed by atoms with Gasteiger partial charge in [-0.15, -0.1) is 0 Å². The quantitative estimate of drug-likeness (QED) is 0.380. The molecule has 3 aromatic rings. The highest BCUT2D eigenvalue weighted by molar-refractivity contribution is 6.29. The van der Waals surface area contributed by atoms with E-state index in [0.717, 1.165) is 5.56 Å². The highest BCUT2D eigenvalue weighted by atomic mass is 35.5. The van der Waals surface area contributed by atoms with E-state index in [2.05, 4.69) is 9.97 Å². The summed E-state index contributed by atoms with van der Waals surface area (Å²) >= 11 is 5.83. The highest BCUT2D eigenvalue weighted by Gasteiger charge is 2.25. The first-order valence-electron chi connectivity index (χ1n) is 12.1. The Hall–Kier alpha value is -3.56. The van der Waals surface area contributed by atoms with Crippen LogP contribution in [0.25, 0.3) is 0 Å². The van der Waals surface area contributed by atoms with Gasteiger partial charge in [-0.2, -0.15) is 4.39 Å². The number of hydrogen-bond acceptors (Lipinski definition) is 6. The van der Waals surface area contributed by atoms with E-state index in [-0.39, 0.29) is 25.5 Å². The van der Waals surface area contributed by atoms with Crippen LogP contribution in [0.2, 0.25) is 5.15 Å². The number of aromatic nitrogens is 2. The van der Waals surface area contributed by atoms with E-state index < -0.39 is 23.7 Å². The summed E-state index contributed by atoms with van der Waals surface area (Å²) in [5.74, 6) is -0.857. The minimum Gasteiger partial charge on any atom is -0.444 e. The Bertz CT molecular complexity index is 1230. The molecule has 2 heterocycles. The summed E-state index contributed by atoms with van der Waals surface area (Å²) in [5.41, 5.74) is 1.50. The number of hydrogen-bond donors (Lipinski definition) is 1. The van der Waals surface area contributed by atoms with Gasteiger partial charge < -0.3 is 19.6 Å². The first-order chi connectivity index (χ1) is 17.9. The van der Waals surface area contributed by atoms with Gasteiger partial charge in [0.15, 0.2) is 0 Å². The van der Waals surface area contributed by atoms with Gasteiger partial charge in [0.1, 0.15) is 10.8 Å². The molecule has 2 aromatic heterocycles. The fourth-order valence-electron chi connectivity index (χ4n) is 3.65. The standard InChI is InChI=1S/C28H32ClFN4O4/c1-28(2,3)38-27(37)34(18-23(35)21-11-12-24(29)32-16-21)15-13-19-7-9-20(10-8-19)26(36)33(4)17-22-6-5-14-31-25(22)30/h5-12,14,16,23,35H,13,15,17-18H2,1-4H3. The molecule has 10 heteroatoms. The number of rotatable bonds is 9. The maximum Gasteiger partial charge on any atom is 0.410 e. The molecule has 38 heavy (non-hydrogen) atoms. The molecule has 0 radical (unpaired) electrons. The van der Waals surface area contributed by atoms with E-state index in [4.69, 9.17) is 16.3 Å². The van der Waals surface area contributed by atoms with Gasteiger partial charge in [0, 0.05) is 42.7 Å². The number of amides is 2. The molecular formula is C28H32ClFN4O4. The van der Waals surface area contributed by atoms with Crippen molar-refractivity contribution >= 4 is 23.6 Å². The van der Waals surface area contributed by atoms with E-state index in [0.29, 0.717) is 28.3 Å². The maximum absolute atomic E-state index is 13.8. The molecule has 2 amide bonds. The zero-order valence-electron chi connectivity index (χ0n) is 21.9. The molecule has 3 rings (SSSR count). The van der Waals surface area contributed by atoms with Crippen LogP contribution in [-0.2, 0) is 17.7 Å². The molecule has 202 valence electrons. The lowest BCUT2D eigenvalue weighted by atomic mass is 10.1. The Morgan fingerprint density at radius 2 is 1.82 bits per heavy atom. The molecule has 1 atom stereocenters. The predicted octanol–water partition coefficient (Wildman–Crippen LogP) is 5.05. The van der Waals surface area contributed by atoms with Crippen molar-refractivity contribution in [3.8, 4) is 0 Å². The average Bonchev–Trinajstić information content (AvgIpc) is 2.87. The van der Waals surface area contributed by atoms with Crippen molar-refractivity contribution in [3.05, 3.63) is 94.3 Å². The topological polar surface area (TPSA) is 95.9 Å². The number of carbonyl (C=O) groups is 2. The number of ether oxygens (including phenoxy) is 1. The van der Waals surface area contributed by atoms with E-state index in [1.165, 1.54) is 22.2 Å². The third kappa shape index (κ3) is 8.49. The molecule has 1 aromatic carbocycles. The van der Waals surface area contributed by atoms with Gasteiger partial charge in [-0.05, 0) is 57.0 Å². The Kier molecular flexibility index (Phi) is 9.77. The Labute approximate surface area is 227 Å². The molecule has 0 saturated carbocycles. The molecule has 1 unspecified atom stereocenters. The molecule has 0 aliphatic heterocycles. The van der Waals surface area contributed by atoms with Gasteiger partial charge in [-0.3, -0.25) is 4.79 Å². The highest BCUT2D eigenvalue weighted by Crippen LogP contribution is 2.19. The number of benzene rings is 1. The normalized spacial score (nSPS) is 12.1. The summed E-state index contributed by atoms with van der Waals surface area (Å²) < 4.78 is 19.4. The lowest BCUT2D eigenvalue weighted by Gasteiger charge is -2.29. The zero-order chi connectivity index (χ0) is 27.9. The van der Waals surface area contributed by atoms with E-state index >= 15 is 0 Å². The average molecular weight is 543 g/mol. The summed E-state index contributed by atoms with van der Waals surface area (Å²) in [6.07, 6.45) is 1.77. The van der Waals surface area contributed by atoms with Crippen LogP contribution in [0.4, 0.5) is 9.18 Å². The van der Waals surface area contributed by atoms with Gasteiger partial charge >= 0.3 is 6.09 Å². The minimum absolute atomic E-state index is 0.00446. The Balaban J connectivity index is 1.65. The number of carbonyl (C=O) groups excluding carboxylic acids is 2. The smallest absolute Gasteiger partial charge is 0.410 e. The predicted molar refractivity (Wildman–Crippen MR) is 142 cm³/mol. The van der Waals surface area contributed by atoms with Crippen molar-refractivity contribution in [1.29, 1.82) is 0 Å². The van der Waals surface area contributed by atoms with Crippen LogP contribution in [0.5, 0.6) is 0 Å². The molecule has 0 fully saturated rings. The van der Waals surface area contributed by atoms with Crippen LogP contribution < -0.4 is 0 Å². The second kappa shape index (κ2) is 12.8. The summed E-state index contributed by atoms with van der Waals surface area (Å²) in [5, 5.41) is 11.0. The Morgan fingerprint density at radius 3 is 2.42 bits per heavy atom. The maximum atomic E-state index is 13.8. The van der Waals surface area contributed by atoms with Gasteiger partial charge in [0.25, 0.3) is 5.91 Å². The molecule has 1 N–H and O–H groups in total. The van der Waals surface area contributed by atoms with Crippen LogP contribution in [0.15, 0.2) is 60.9 Å². The van der Waals surface area contributed by atoms with Crippen LogP contribution >= 0.6 is 11.6 Å². The molecule has 0 bridgehead atoms. The summed E-state index contributed by atoms with van der Waals surface area (Å²) in [6, 6.07) is 13.4. The van der Waals surface area contributed by atoms with Crippen molar-refractivity contribution in [1.82, 2.24) is 19.8 Å². The molecule has 0 aliphatic rings.